The van der Waals surface area contributed by atoms with E-state index in [9.17, 15) is 9.59 Å². The van der Waals surface area contributed by atoms with E-state index in [2.05, 4.69) is 10.4 Å². The second-order valence-electron chi connectivity index (χ2n) is 5.26. The van der Waals surface area contributed by atoms with Gasteiger partial charge in [-0.05, 0) is 24.8 Å². The zero-order valence-corrected chi connectivity index (χ0v) is 12.7. The minimum atomic E-state index is -0.346. The third-order valence-electron chi connectivity index (χ3n) is 3.63. The van der Waals surface area contributed by atoms with Crippen molar-refractivity contribution in [3.63, 3.8) is 0 Å². The summed E-state index contributed by atoms with van der Waals surface area (Å²) in [5.41, 5.74) is 3.89. The highest BCUT2D eigenvalue weighted by atomic mass is 16.2. The summed E-state index contributed by atoms with van der Waals surface area (Å²) in [5.74, 6) is 5.60. The van der Waals surface area contributed by atoms with Crippen LogP contribution in [-0.4, -0.2) is 9.55 Å². The number of benzene rings is 1. The van der Waals surface area contributed by atoms with E-state index < -0.39 is 0 Å². The Morgan fingerprint density at radius 1 is 1.27 bits per heavy atom. The predicted molar refractivity (Wildman–Crippen MR) is 86.4 cm³/mol. The van der Waals surface area contributed by atoms with Crippen molar-refractivity contribution in [2.24, 2.45) is 5.84 Å². The third kappa shape index (κ3) is 3.93. The Labute approximate surface area is 129 Å². The van der Waals surface area contributed by atoms with Gasteiger partial charge < -0.3 is 4.98 Å². The molecule has 0 aliphatic heterocycles. The Hall–Kier alpha value is -2.18. The molecule has 1 aromatic carbocycles. The highest BCUT2D eigenvalue weighted by Gasteiger charge is 2.10. The first-order valence-corrected chi connectivity index (χ1v) is 7.49. The average Bonchev–Trinajstić information content (AvgIpc) is 2.52. The minimum Gasteiger partial charge on any atom is -0.311 e. The van der Waals surface area contributed by atoms with Gasteiger partial charge in [-0.15, -0.1) is 0 Å². The van der Waals surface area contributed by atoms with Crippen molar-refractivity contribution >= 4 is 0 Å². The van der Waals surface area contributed by atoms with Crippen LogP contribution >= 0.6 is 0 Å². The molecule has 1 aromatic heterocycles. The molecule has 0 saturated carbocycles. The summed E-state index contributed by atoms with van der Waals surface area (Å²) >= 11 is 0. The van der Waals surface area contributed by atoms with Gasteiger partial charge in [-0.2, -0.15) is 0 Å². The molecule has 6 heteroatoms. The van der Waals surface area contributed by atoms with Crippen molar-refractivity contribution in [2.75, 3.05) is 0 Å². The van der Waals surface area contributed by atoms with E-state index in [0.717, 1.165) is 12.0 Å². The maximum absolute atomic E-state index is 11.9. The van der Waals surface area contributed by atoms with Gasteiger partial charge in [0, 0.05) is 24.3 Å². The molecular weight excluding hydrogens is 280 g/mol. The number of hydrazine groups is 1. The Morgan fingerprint density at radius 3 is 2.59 bits per heavy atom. The Morgan fingerprint density at radius 2 is 2.00 bits per heavy atom. The van der Waals surface area contributed by atoms with Crippen LogP contribution in [0.2, 0.25) is 0 Å². The van der Waals surface area contributed by atoms with Gasteiger partial charge in [-0.1, -0.05) is 37.3 Å². The maximum atomic E-state index is 11.9. The summed E-state index contributed by atoms with van der Waals surface area (Å²) in [6, 6.07) is 11.3. The lowest BCUT2D eigenvalue weighted by Crippen LogP contribution is -2.35. The summed E-state index contributed by atoms with van der Waals surface area (Å²) in [5, 5.41) is 0. The number of H-pyrrole nitrogens is 1. The lowest BCUT2D eigenvalue weighted by molar-refractivity contribution is 0.510. The molecule has 6 nitrogen and oxygen atoms in total. The van der Waals surface area contributed by atoms with Crippen LogP contribution in [0.3, 0.4) is 0 Å². The van der Waals surface area contributed by atoms with Crippen molar-refractivity contribution in [3.05, 3.63) is 68.5 Å². The van der Waals surface area contributed by atoms with Crippen LogP contribution in [0.15, 0.2) is 46.0 Å². The fourth-order valence-electron chi connectivity index (χ4n) is 2.47. The number of nitrogens with zero attached hydrogens (tertiary/aromatic N) is 1. The number of hydrogen-bond acceptors (Lipinski definition) is 4. The first kappa shape index (κ1) is 16.2. The molecule has 1 atom stereocenters. The van der Waals surface area contributed by atoms with Crippen LogP contribution in [0.1, 0.15) is 37.1 Å². The van der Waals surface area contributed by atoms with E-state index in [0.29, 0.717) is 25.1 Å². The van der Waals surface area contributed by atoms with Gasteiger partial charge in [0.15, 0.2) is 0 Å². The van der Waals surface area contributed by atoms with E-state index in [1.807, 2.05) is 37.3 Å². The summed E-state index contributed by atoms with van der Waals surface area (Å²) in [7, 11) is 0. The number of aromatic amines is 1. The number of hydrogen-bond donors (Lipinski definition) is 3. The van der Waals surface area contributed by atoms with Crippen LogP contribution in [0, 0.1) is 0 Å². The molecule has 0 aliphatic carbocycles. The number of aryl methyl sites for hydroxylation is 1. The number of nitrogens with one attached hydrogen (secondary N) is 2. The number of rotatable bonds is 7. The molecule has 2 rings (SSSR count). The Balaban J connectivity index is 2.11. The molecule has 0 saturated heterocycles. The normalized spacial score (nSPS) is 12.3. The molecule has 1 unspecified atom stereocenters. The third-order valence-corrected chi connectivity index (χ3v) is 3.63. The lowest BCUT2D eigenvalue weighted by atomic mass is 10.0. The highest BCUT2D eigenvalue weighted by molar-refractivity contribution is 5.19. The topological polar surface area (TPSA) is 92.9 Å². The second-order valence-corrected chi connectivity index (χ2v) is 5.26. The zero-order chi connectivity index (χ0) is 15.9. The second kappa shape index (κ2) is 7.72. The van der Waals surface area contributed by atoms with Crippen molar-refractivity contribution in [3.8, 4) is 0 Å². The molecule has 0 fully saturated rings. The van der Waals surface area contributed by atoms with Crippen molar-refractivity contribution in [1.29, 1.82) is 0 Å². The first-order chi connectivity index (χ1) is 10.7. The molecule has 0 amide bonds. The molecule has 2 aromatic rings. The summed E-state index contributed by atoms with van der Waals surface area (Å²) in [6.45, 7) is 2.36. The molecule has 4 N–H and O–H groups in total. The smallest absolute Gasteiger partial charge is 0.311 e. The standard InChI is InChI=1S/C16H22N4O2/c1-2-10-20-15(21)11-13(18-16(20)22)8-9-14(19-17)12-6-4-3-5-7-12/h3-7,11,14,19H,2,8-10,17H2,1H3,(H,18,22). The van der Waals surface area contributed by atoms with Crippen LogP contribution in [0.4, 0.5) is 0 Å². The van der Waals surface area contributed by atoms with Crippen LogP contribution in [0.25, 0.3) is 0 Å². The molecule has 0 bridgehead atoms. The largest absolute Gasteiger partial charge is 0.328 e. The van der Waals surface area contributed by atoms with Gasteiger partial charge >= 0.3 is 5.69 Å². The van der Waals surface area contributed by atoms with E-state index >= 15 is 0 Å². The van der Waals surface area contributed by atoms with Gasteiger partial charge in [0.1, 0.15) is 0 Å². The van der Waals surface area contributed by atoms with Gasteiger partial charge in [0.2, 0.25) is 0 Å². The predicted octanol–water partition coefficient (Wildman–Crippen LogP) is 1.08. The average molecular weight is 302 g/mol. The molecule has 1 heterocycles. The zero-order valence-electron chi connectivity index (χ0n) is 12.7. The summed E-state index contributed by atoms with van der Waals surface area (Å²) in [6.07, 6.45) is 2.00. The maximum Gasteiger partial charge on any atom is 0.328 e. The fourth-order valence-corrected chi connectivity index (χ4v) is 2.47. The van der Waals surface area contributed by atoms with Gasteiger partial charge in [0.05, 0.1) is 0 Å². The molecule has 0 spiro atoms. The SMILES string of the molecule is CCCn1c(=O)cc(CCC(NN)c2ccccc2)[nH]c1=O. The van der Waals surface area contributed by atoms with E-state index in [4.69, 9.17) is 5.84 Å². The Kier molecular flexibility index (Phi) is 5.68. The van der Waals surface area contributed by atoms with Crippen LogP contribution in [-0.2, 0) is 13.0 Å². The number of nitrogens with two attached hydrogens (primary N) is 1. The monoisotopic (exact) mass is 302 g/mol. The van der Waals surface area contributed by atoms with Gasteiger partial charge in [-0.25, -0.2) is 4.79 Å². The lowest BCUT2D eigenvalue weighted by Gasteiger charge is -2.16. The van der Waals surface area contributed by atoms with E-state index in [1.54, 1.807) is 0 Å². The fraction of sp³-hybridized carbons (Fsp3) is 0.375. The molecular formula is C16H22N4O2. The van der Waals surface area contributed by atoms with Crippen molar-refractivity contribution in [2.45, 2.75) is 38.8 Å². The number of aromatic nitrogens is 2. The van der Waals surface area contributed by atoms with Gasteiger partial charge in [-0.3, -0.25) is 20.6 Å². The van der Waals surface area contributed by atoms with Gasteiger partial charge in [0.25, 0.3) is 5.56 Å². The molecule has 0 radical (unpaired) electrons. The van der Waals surface area contributed by atoms with Crippen molar-refractivity contribution in [1.82, 2.24) is 15.0 Å². The van der Waals surface area contributed by atoms with E-state index in [1.165, 1.54) is 10.6 Å². The molecule has 118 valence electrons. The first-order valence-electron chi connectivity index (χ1n) is 7.49. The summed E-state index contributed by atoms with van der Waals surface area (Å²) in [4.78, 5) is 26.6. The molecule has 0 aliphatic rings. The molecule has 22 heavy (non-hydrogen) atoms. The summed E-state index contributed by atoms with van der Waals surface area (Å²) < 4.78 is 1.22. The quantitative estimate of drug-likeness (QED) is 0.527. The van der Waals surface area contributed by atoms with E-state index in [-0.39, 0.29) is 17.3 Å². The minimum absolute atomic E-state index is 0.0252. The van der Waals surface area contributed by atoms with Crippen LogP contribution in [0.5, 0.6) is 0 Å². The Bertz CT molecular complexity index is 675. The van der Waals surface area contributed by atoms with Crippen molar-refractivity contribution < 1.29 is 0 Å². The van der Waals surface area contributed by atoms with Crippen LogP contribution < -0.4 is 22.5 Å². The highest BCUT2D eigenvalue weighted by Crippen LogP contribution is 2.16.